The van der Waals surface area contributed by atoms with Crippen LogP contribution in [-0.2, 0) is 24.1 Å². The minimum absolute atomic E-state index is 0.0689. The first-order chi connectivity index (χ1) is 11.6. The lowest BCUT2D eigenvalue weighted by Gasteiger charge is -2.27. The van der Waals surface area contributed by atoms with Gasteiger partial charge in [0.05, 0.1) is 13.2 Å². The van der Waals surface area contributed by atoms with E-state index in [1.807, 2.05) is 0 Å². The van der Waals surface area contributed by atoms with Gasteiger partial charge in [-0.15, -0.1) is 0 Å². The Morgan fingerprint density at radius 1 is 1.40 bits per heavy atom. The largest absolute Gasteiger partial charge is 0.465 e. The molecule has 1 aromatic carbocycles. The lowest BCUT2D eigenvalue weighted by molar-refractivity contribution is -0.146. The van der Waals surface area contributed by atoms with E-state index in [2.05, 4.69) is 15.9 Å². The van der Waals surface area contributed by atoms with E-state index in [4.69, 9.17) is 9.47 Å². The van der Waals surface area contributed by atoms with Gasteiger partial charge < -0.3 is 9.47 Å². The Kier molecular flexibility index (Phi) is 5.78. The Hall–Kier alpha value is -1.61. The molecule has 0 radical (unpaired) electrons. The molecule has 25 heavy (non-hydrogen) atoms. The zero-order valence-electron chi connectivity index (χ0n) is 14.2. The van der Waals surface area contributed by atoms with Crippen LogP contribution in [0.25, 0.3) is 0 Å². The summed E-state index contributed by atoms with van der Waals surface area (Å²) in [6, 6.07) is 7.06. The lowest BCUT2D eigenvalue weighted by atomic mass is 10.0. The van der Waals surface area contributed by atoms with Gasteiger partial charge in [-0.3, -0.25) is 9.69 Å². The Morgan fingerprint density at radius 2 is 2.00 bits per heavy atom. The predicted octanol–water partition coefficient (Wildman–Crippen LogP) is 2.53. The number of carbonyl (C=O) groups is 2. The molecule has 138 valence electrons. The summed E-state index contributed by atoms with van der Waals surface area (Å²) in [4.78, 5) is 25.7. The maximum absolute atomic E-state index is 12.2. The minimum Gasteiger partial charge on any atom is -0.465 e. The maximum Gasteiger partial charge on any atom is 0.414 e. The lowest BCUT2D eigenvalue weighted by Crippen LogP contribution is -2.47. The van der Waals surface area contributed by atoms with Crippen LogP contribution in [0.3, 0.4) is 0 Å². The molecule has 0 spiro atoms. The molecule has 1 aliphatic rings. The fourth-order valence-corrected chi connectivity index (χ4v) is 3.68. The standard InChI is InChI=1S/C16H20BrNO6S/c1-4-23-14(19)16(2,25(3,21)22)9-13-10-18(15(20)24-13)12-7-5-11(17)6-8-12/h5-8,13H,4,9-10H2,1-3H3. The first-order valence-electron chi connectivity index (χ1n) is 7.69. The summed E-state index contributed by atoms with van der Waals surface area (Å²) in [5.74, 6) is -0.837. The smallest absolute Gasteiger partial charge is 0.414 e. The molecule has 1 saturated heterocycles. The number of cyclic esters (lactones) is 1. The molecule has 9 heteroatoms. The SMILES string of the molecule is CCOC(=O)C(C)(CC1CN(c2ccc(Br)cc2)C(=O)O1)S(C)(=O)=O. The highest BCUT2D eigenvalue weighted by molar-refractivity contribution is 9.10. The fraction of sp³-hybridized carbons (Fsp3) is 0.500. The maximum atomic E-state index is 12.2. The second kappa shape index (κ2) is 7.33. The summed E-state index contributed by atoms with van der Waals surface area (Å²) in [6.07, 6.45) is -0.497. The van der Waals surface area contributed by atoms with Gasteiger partial charge >= 0.3 is 12.1 Å². The molecule has 0 aliphatic carbocycles. The first-order valence-corrected chi connectivity index (χ1v) is 10.4. The summed E-state index contributed by atoms with van der Waals surface area (Å²) in [6.45, 7) is 3.13. The Labute approximate surface area is 155 Å². The van der Waals surface area contributed by atoms with Gasteiger partial charge in [-0.2, -0.15) is 0 Å². The van der Waals surface area contributed by atoms with Gasteiger partial charge in [0, 0.05) is 22.8 Å². The van der Waals surface area contributed by atoms with Gasteiger partial charge in [0.1, 0.15) is 6.10 Å². The Morgan fingerprint density at radius 3 is 2.52 bits per heavy atom. The number of ether oxygens (including phenoxy) is 2. The monoisotopic (exact) mass is 433 g/mol. The van der Waals surface area contributed by atoms with Crippen LogP contribution in [0.5, 0.6) is 0 Å². The van der Waals surface area contributed by atoms with Crippen molar-refractivity contribution in [3.05, 3.63) is 28.7 Å². The van der Waals surface area contributed by atoms with E-state index in [-0.39, 0.29) is 19.6 Å². The second-order valence-corrected chi connectivity index (χ2v) is 9.38. The number of halogens is 1. The van der Waals surface area contributed by atoms with Crippen LogP contribution < -0.4 is 4.90 Å². The normalized spacial score (nSPS) is 20.1. The van der Waals surface area contributed by atoms with E-state index in [0.717, 1.165) is 10.7 Å². The molecule has 0 bridgehead atoms. The van der Waals surface area contributed by atoms with Crippen LogP contribution in [0.2, 0.25) is 0 Å². The summed E-state index contributed by atoms with van der Waals surface area (Å²) in [5.41, 5.74) is 0.632. The zero-order valence-corrected chi connectivity index (χ0v) is 16.6. The number of anilines is 1. The highest BCUT2D eigenvalue weighted by atomic mass is 79.9. The summed E-state index contributed by atoms with van der Waals surface area (Å²) in [7, 11) is -3.77. The van der Waals surface area contributed by atoms with E-state index in [1.165, 1.54) is 11.8 Å². The van der Waals surface area contributed by atoms with Crippen molar-refractivity contribution in [1.29, 1.82) is 0 Å². The Balaban J connectivity index is 2.20. The number of rotatable bonds is 6. The first kappa shape index (κ1) is 19.7. The van der Waals surface area contributed by atoms with Crippen LogP contribution in [0.4, 0.5) is 10.5 Å². The number of nitrogens with zero attached hydrogens (tertiary/aromatic N) is 1. The molecule has 1 fully saturated rings. The van der Waals surface area contributed by atoms with Crippen molar-refractivity contribution < 1.29 is 27.5 Å². The van der Waals surface area contributed by atoms with Crippen molar-refractivity contribution in [3.8, 4) is 0 Å². The Bertz CT molecular complexity index is 763. The highest BCUT2D eigenvalue weighted by Crippen LogP contribution is 2.31. The highest BCUT2D eigenvalue weighted by Gasteiger charge is 2.49. The predicted molar refractivity (Wildman–Crippen MR) is 96.3 cm³/mol. The number of hydrogen-bond acceptors (Lipinski definition) is 6. The molecule has 1 aliphatic heterocycles. The van der Waals surface area contributed by atoms with Gasteiger partial charge in [-0.25, -0.2) is 13.2 Å². The van der Waals surface area contributed by atoms with Crippen molar-refractivity contribution in [3.63, 3.8) is 0 Å². The molecule has 2 unspecified atom stereocenters. The van der Waals surface area contributed by atoms with Crippen LogP contribution in [-0.4, -0.2) is 50.7 Å². The molecule has 0 saturated carbocycles. The van der Waals surface area contributed by atoms with Gasteiger partial charge in [-0.1, -0.05) is 15.9 Å². The number of amides is 1. The summed E-state index contributed by atoms with van der Waals surface area (Å²) in [5, 5.41) is 0. The minimum atomic E-state index is -3.77. The van der Waals surface area contributed by atoms with Crippen LogP contribution in [0.15, 0.2) is 28.7 Å². The molecular formula is C16H20BrNO6S. The second-order valence-electron chi connectivity index (χ2n) is 6.02. The van der Waals surface area contributed by atoms with E-state index in [9.17, 15) is 18.0 Å². The summed E-state index contributed by atoms with van der Waals surface area (Å²) >= 11 is 3.32. The van der Waals surface area contributed by atoms with Crippen LogP contribution in [0.1, 0.15) is 20.3 Å². The van der Waals surface area contributed by atoms with E-state index < -0.39 is 32.8 Å². The third kappa shape index (κ3) is 4.14. The topological polar surface area (TPSA) is 90.0 Å². The summed E-state index contributed by atoms with van der Waals surface area (Å²) < 4.78 is 33.6. The van der Waals surface area contributed by atoms with Crippen LogP contribution in [0, 0.1) is 0 Å². The fourth-order valence-electron chi connectivity index (χ4n) is 2.56. The van der Waals surface area contributed by atoms with E-state index in [1.54, 1.807) is 31.2 Å². The van der Waals surface area contributed by atoms with E-state index in [0.29, 0.717) is 5.69 Å². The van der Waals surface area contributed by atoms with Gasteiger partial charge in [-0.05, 0) is 38.1 Å². The van der Waals surface area contributed by atoms with Crippen molar-refractivity contribution >= 4 is 43.5 Å². The number of hydrogen-bond donors (Lipinski definition) is 0. The molecular weight excluding hydrogens is 414 g/mol. The van der Waals surface area contributed by atoms with Crippen molar-refractivity contribution in [2.24, 2.45) is 0 Å². The van der Waals surface area contributed by atoms with Crippen molar-refractivity contribution in [2.75, 3.05) is 24.3 Å². The number of benzene rings is 1. The third-order valence-corrected chi connectivity index (χ3v) is 6.65. The average molecular weight is 434 g/mol. The van der Waals surface area contributed by atoms with E-state index >= 15 is 0 Å². The number of sulfone groups is 1. The molecule has 1 heterocycles. The molecule has 1 amide bonds. The molecule has 1 aromatic rings. The number of carbonyl (C=O) groups excluding carboxylic acids is 2. The van der Waals surface area contributed by atoms with Crippen molar-refractivity contribution in [2.45, 2.75) is 31.1 Å². The molecule has 2 atom stereocenters. The average Bonchev–Trinajstić information content (AvgIpc) is 2.87. The van der Waals surface area contributed by atoms with Gasteiger partial charge in [0.15, 0.2) is 14.6 Å². The molecule has 2 rings (SSSR count). The van der Waals surface area contributed by atoms with Gasteiger partial charge in [0.2, 0.25) is 0 Å². The third-order valence-electron chi connectivity index (χ3n) is 4.16. The quantitative estimate of drug-likeness (QED) is 0.640. The van der Waals surface area contributed by atoms with Crippen LogP contribution >= 0.6 is 15.9 Å². The number of esters is 1. The molecule has 0 N–H and O–H groups in total. The molecule has 7 nitrogen and oxygen atoms in total. The molecule has 0 aromatic heterocycles. The van der Waals surface area contributed by atoms with Gasteiger partial charge in [0.25, 0.3) is 0 Å². The zero-order chi connectivity index (χ0) is 18.8. The van der Waals surface area contributed by atoms with Crippen molar-refractivity contribution in [1.82, 2.24) is 0 Å².